The number of halogens is 3. The third kappa shape index (κ3) is 4.09. The summed E-state index contributed by atoms with van der Waals surface area (Å²) >= 11 is 0.829. The topological polar surface area (TPSA) is 83.9 Å². The Morgan fingerprint density at radius 2 is 1.88 bits per heavy atom. The quantitative estimate of drug-likeness (QED) is 0.535. The first kappa shape index (κ1) is 22.5. The van der Waals surface area contributed by atoms with Crippen LogP contribution in [0.15, 0.2) is 35.7 Å². The number of hydrogen-bond acceptors (Lipinski definition) is 5. The summed E-state index contributed by atoms with van der Waals surface area (Å²) in [5, 5.41) is 10.8. The van der Waals surface area contributed by atoms with Crippen molar-refractivity contribution in [1.82, 2.24) is 0 Å². The molecule has 0 bridgehead atoms. The van der Waals surface area contributed by atoms with E-state index in [1.165, 1.54) is 24.6 Å². The molecule has 1 aliphatic heterocycles. The van der Waals surface area contributed by atoms with E-state index in [1.54, 1.807) is 0 Å². The molecular weight excluding hydrogens is 459 g/mol. The maximum atomic E-state index is 14.7. The molecule has 0 atom stereocenters. The third-order valence-corrected chi connectivity index (χ3v) is 6.31. The SMILES string of the molecule is COc1c(F)cc(F)cc1CCc1ccc(F)c(N2C(=O)Cc3csc(C(=O)O)c3C2=O)c1. The average molecular weight is 475 g/mol. The van der Waals surface area contributed by atoms with Gasteiger partial charge in [0.05, 0.1) is 24.8 Å². The Labute approximate surface area is 189 Å². The van der Waals surface area contributed by atoms with E-state index in [4.69, 9.17) is 4.74 Å². The fourth-order valence-corrected chi connectivity index (χ4v) is 4.72. The fraction of sp³-hybridized carbons (Fsp3) is 0.174. The van der Waals surface area contributed by atoms with E-state index < -0.39 is 35.2 Å². The predicted octanol–water partition coefficient (Wildman–Crippen LogP) is 4.39. The van der Waals surface area contributed by atoms with E-state index in [0.29, 0.717) is 22.1 Å². The van der Waals surface area contributed by atoms with Crippen LogP contribution in [0.4, 0.5) is 18.9 Å². The van der Waals surface area contributed by atoms with E-state index in [9.17, 15) is 32.7 Å². The molecule has 4 rings (SSSR count). The summed E-state index contributed by atoms with van der Waals surface area (Å²) in [4.78, 5) is 37.5. The number of benzene rings is 2. The smallest absolute Gasteiger partial charge is 0.346 e. The highest BCUT2D eigenvalue weighted by Gasteiger charge is 2.38. The summed E-state index contributed by atoms with van der Waals surface area (Å²) in [5.74, 6) is -5.48. The second-order valence-electron chi connectivity index (χ2n) is 7.35. The number of amides is 2. The normalized spacial score (nSPS) is 13.3. The van der Waals surface area contributed by atoms with Gasteiger partial charge in [-0.3, -0.25) is 9.59 Å². The minimum absolute atomic E-state index is 0.105. The molecule has 170 valence electrons. The molecule has 10 heteroatoms. The third-order valence-electron chi connectivity index (χ3n) is 5.29. The zero-order chi connectivity index (χ0) is 23.9. The highest BCUT2D eigenvalue weighted by atomic mass is 32.1. The number of thiophene rings is 1. The van der Waals surface area contributed by atoms with Crippen molar-refractivity contribution in [2.24, 2.45) is 0 Å². The Hall–Kier alpha value is -3.66. The molecule has 3 aromatic rings. The van der Waals surface area contributed by atoms with Crippen LogP contribution in [0, 0.1) is 17.5 Å². The first-order valence-corrected chi connectivity index (χ1v) is 10.6. The number of rotatable bonds is 6. The number of carbonyl (C=O) groups excluding carboxylic acids is 2. The molecule has 1 N–H and O–H groups in total. The second kappa shape index (κ2) is 8.70. The van der Waals surface area contributed by atoms with E-state index in [2.05, 4.69) is 0 Å². The van der Waals surface area contributed by atoms with Crippen LogP contribution in [-0.2, 0) is 24.1 Å². The van der Waals surface area contributed by atoms with Crippen LogP contribution in [0.5, 0.6) is 5.75 Å². The lowest BCUT2D eigenvalue weighted by atomic mass is 9.99. The van der Waals surface area contributed by atoms with Gasteiger partial charge in [-0.2, -0.15) is 0 Å². The number of anilines is 1. The number of carbonyl (C=O) groups is 3. The van der Waals surface area contributed by atoms with E-state index in [-0.39, 0.29) is 46.7 Å². The monoisotopic (exact) mass is 475 g/mol. The van der Waals surface area contributed by atoms with Gasteiger partial charge in [-0.1, -0.05) is 6.07 Å². The van der Waals surface area contributed by atoms with Gasteiger partial charge in [0.2, 0.25) is 5.91 Å². The van der Waals surface area contributed by atoms with Gasteiger partial charge >= 0.3 is 5.97 Å². The Morgan fingerprint density at radius 3 is 2.58 bits per heavy atom. The highest BCUT2D eigenvalue weighted by Crippen LogP contribution is 2.33. The van der Waals surface area contributed by atoms with Gasteiger partial charge in [-0.05, 0) is 47.5 Å². The van der Waals surface area contributed by atoms with Crippen molar-refractivity contribution in [3.8, 4) is 5.75 Å². The Kier molecular flexibility index (Phi) is 5.94. The molecule has 0 saturated carbocycles. The van der Waals surface area contributed by atoms with Crippen LogP contribution in [0.1, 0.15) is 36.7 Å². The summed E-state index contributed by atoms with van der Waals surface area (Å²) < 4.78 is 47.2. The highest BCUT2D eigenvalue weighted by molar-refractivity contribution is 7.12. The van der Waals surface area contributed by atoms with Crippen molar-refractivity contribution in [3.63, 3.8) is 0 Å². The van der Waals surface area contributed by atoms with Crippen molar-refractivity contribution in [2.45, 2.75) is 19.3 Å². The fourth-order valence-electron chi connectivity index (χ4n) is 3.82. The molecule has 0 spiro atoms. The van der Waals surface area contributed by atoms with Crippen LogP contribution < -0.4 is 9.64 Å². The van der Waals surface area contributed by atoms with Crippen LogP contribution in [-0.4, -0.2) is 30.0 Å². The number of hydrogen-bond donors (Lipinski definition) is 1. The number of aryl methyl sites for hydroxylation is 2. The van der Waals surface area contributed by atoms with Crippen LogP contribution in [0.25, 0.3) is 0 Å². The van der Waals surface area contributed by atoms with Crippen molar-refractivity contribution in [1.29, 1.82) is 0 Å². The van der Waals surface area contributed by atoms with E-state index in [0.717, 1.165) is 23.5 Å². The molecular formula is C23H16F3NO5S. The first-order valence-electron chi connectivity index (χ1n) is 9.72. The Morgan fingerprint density at radius 1 is 1.12 bits per heavy atom. The maximum Gasteiger partial charge on any atom is 0.346 e. The summed E-state index contributed by atoms with van der Waals surface area (Å²) in [6, 6.07) is 5.64. The van der Waals surface area contributed by atoms with Crippen molar-refractivity contribution in [3.05, 3.63) is 80.3 Å². The number of carboxylic acid groups (broad SMARTS) is 1. The van der Waals surface area contributed by atoms with Crippen molar-refractivity contribution < 1.29 is 37.4 Å². The van der Waals surface area contributed by atoms with Gasteiger partial charge in [-0.25, -0.2) is 22.9 Å². The molecule has 1 aromatic heterocycles. The first-order chi connectivity index (χ1) is 15.7. The van der Waals surface area contributed by atoms with Crippen LogP contribution in [0.2, 0.25) is 0 Å². The average Bonchev–Trinajstić information content (AvgIpc) is 3.18. The maximum absolute atomic E-state index is 14.7. The summed E-state index contributed by atoms with van der Waals surface area (Å²) in [6.45, 7) is 0. The Balaban J connectivity index is 1.66. The van der Waals surface area contributed by atoms with E-state index >= 15 is 0 Å². The second-order valence-corrected chi connectivity index (χ2v) is 8.23. The van der Waals surface area contributed by atoms with Crippen molar-refractivity contribution >= 4 is 34.8 Å². The number of fused-ring (bicyclic) bond motifs is 1. The lowest BCUT2D eigenvalue weighted by Gasteiger charge is -2.26. The van der Waals surface area contributed by atoms with Gasteiger partial charge in [0, 0.05) is 11.6 Å². The van der Waals surface area contributed by atoms with Gasteiger partial charge < -0.3 is 9.84 Å². The summed E-state index contributed by atoms with van der Waals surface area (Å²) in [5.41, 5.74) is 0.610. The minimum Gasteiger partial charge on any atom is -0.493 e. The number of ether oxygens (including phenoxy) is 1. The van der Waals surface area contributed by atoms with Gasteiger partial charge in [0.15, 0.2) is 11.6 Å². The molecule has 2 heterocycles. The predicted molar refractivity (Wildman–Crippen MR) is 114 cm³/mol. The molecule has 2 aromatic carbocycles. The molecule has 0 radical (unpaired) electrons. The molecule has 2 amide bonds. The van der Waals surface area contributed by atoms with E-state index in [1.807, 2.05) is 0 Å². The number of nitrogens with zero attached hydrogens (tertiary/aromatic N) is 1. The number of methoxy groups -OCH3 is 1. The molecule has 0 fully saturated rings. The van der Waals surface area contributed by atoms with Crippen LogP contribution in [0.3, 0.4) is 0 Å². The van der Waals surface area contributed by atoms with Gasteiger partial charge in [-0.15, -0.1) is 11.3 Å². The number of carboxylic acids is 1. The molecule has 0 unspecified atom stereocenters. The number of imide groups is 1. The zero-order valence-electron chi connectivity index (χ0n) is 17.2. The minimum atomic E-state index is -1.31. The zero-order valence-corrected chi connectivity index (χ0v) is 18.0. The summed E-state index contributed by atoms with van der Waals surface area (Å²) in [6.07, 6.45) is 0.101. The Bertz CT molecular complexity index is 1300. The molecule has 1 aliphatic rings. The lowest BCUT2D eigenvalue weighted by Crippen LogP contribution is -2.43. The summed E-state index contributed by atoms with van der Waals surface area (Å²) in [7, 11) is 1.26. The lowest BCUT2D eigenvalue weighted by molar-refractivity contribution is -0.117. The molecule has 0 aliphatic carbocycles. The van der Waals surface area contributed by atoms with Crippen molar-refractivity contribution in [2.75, 3.05) is 12.0 Å². The molecule has 6 nitrogen and oxygen atoms in total. The molecule has 33 heavy (non-hydrogen) atoms. The standard InChI is InChI=1S/C23H16F3NO5S/c1-32-20-12(7-14(24)9-16(20)26)4-2-11-3-5-15(25)17(6-11)27-18(28)8-13-10-33-21(23(30)31)19(13)22(27)29/h3,5-7,9-10H,2,4,8H2,1H3,(H,30,31). The van der Waals surface area contributed by atoms with Gasteiger partial charge in [0.25, 0.3) is 5.91 Å². The number of aromatic carboxylic acids is 1. The van der Waals surface area contributed by atoms with Crippen LogP contribution >= 0.6 is 11.3 Å². The van der Waals surface area contributed by atoms with Gasteiger partial charge in [0.1, 0.15) is 16.5 Å². The largest absolute Gasteiger partial charge is 0.493 e. The molecule has 0 saturated heterocycles.